The van der Waals surface area contributed by atoms with Crippen LogP contribution in [0.5, 0.6) is 5.75 Å². The fourth-order valence-corrected chi connectivity index (χ4v) is 2.91. The second-order valence-electron chi connectivity index (χ2n) is 4.12. The van der Waals surface area contributed by atoms with Crippen LogP contribution >= 0.6 is 27.7 Å². The number of thioether (sulfide) groups is 1. The largest absolute Gasteiger partial charge is 0.507 e. The van der Waals surface area contributed by atoms with Crippen molar-refractivity contribution in [2.24, 2.45) is 0 Å². The van der Waals surface area contributed by atoms with Crippen LogP contribution in [0.25, 0.3) is 0 Å². The van der Waals surface area contributed by atoms with Gasteiger partial charge in [0.25, 0.3) is 0 Å². The van der Waals surface area contributed by atoms with E-state index in [0.29, 0.717) is 0 Å². The van der Waals surface area contributed by atoms with Crippen molar-refractivity contribution >= 4 is 27.7 Å². The SMILES string of the molecule is Oc1ccc(CNCCSc2ccccc2)cc1Br. The Morgan fingerprint density at radius 3 is 2.63 bits per heavy atom. The first-order valence-electron chi connectivity index (χ1n) is 6.11. The molecule has 19 heavy (non-hydrogen) atoms. The lowest BCUT2D eigenvalue weighted by molar-refractivity contribution is 0.471. The second kappa shape index (κ2) is 7.58. The minimum Gasteiger partial charge on any atom is -0.507 e. The highest BCUT2D eigenvalue weighted by molar-refractivity contribution is 9.10. The molecule has 2 nitrogen and oxygen atoms in total. The van der Waals surface area contributed by atoms with Crippen molar-refractivity contribution in [1.82, 2.24) is 5.32 Å². The van der Waals surface area contributed by atoms with Crippen molar-refractivity contribution in [3.05, 3.63) is 58.6 Å². The summed E-state index contributed by atoms with van der Waals surface area (Å²) in [6.07, 6.45) is 0. The van der Waals surface area contributed by atoms with E-state index in [1.165, 1.54) is 4.90 Å². The molecule has 0 heterocycles. The van der Waals surface area contributed by atoms with Crippen molar-refractivity contribution in [3.8, 4) is 5.75 Å². The number of aromatic hydroxyl groups is 1. The number of hydrogen-bond acceptors (Lipinski definition) is 3. The van der Waals surface area contributed by atoms with E-state index in [-0.39, 0.29) is 5.75 Å². The minimum atomic E-state index is 0.281. The molecule has 0 unspecified atom stereocenters. The standard InChI is InChI=1S/C15H16BrNOS/c16-14-10-12(6-7-15(14)18)11-17-8-9-19-13-4-2-1-3-5-13/h1-7,10,17-18H,8-9,11H2. The predicted octanol–water partition coefficient (Wildman–Crippen LogP) is 4.04. The molecule has 0 saturated heterocycles. The summed E-state index contributed by atoms with van der Waals surface area (Å²) >= 11 is 5.17. The maximum absolute atomic E-state index is 9.41. The van der Waals surface area contributed by atoms with E-state index < -0.39 is 0 Å². The van der Waals surface area contributed by atoms with Gasteiger partial charge in [-0.3, -0.25) is 0 Å². The van der Waals surface area contributed by atoms with Crippen LogP contribution in [0.1, 0.15) is 5.56 Å². The number of phenols is 1. The molecule has 0 bridgehead atoms. The van der Waals surface area contributed by atoms with Crippen LogP contribution in [0.2, 0.25) is 0 Å². The highest BCUT2D eigenvalue weighted by atomic mass is 79.9. The predicted molar refractivity (Wildman–Crippen MR) is 84.7 cm³/mol. The molecule has 0 atom stereocenters. The van der Waals surface area contributed by atoms with Crippen LogP contribution in [-0.4, -0.2) is 17.4 Å². The molecular formula is C15H16BrNOS. The Balaban J connectivity index is 1.68. The molecule has 0 fully saturated rings. The summed E-state index contributed by atoms with van der Waals surface area (Å²) in [5.74, 6) is 1.33. The van der Waals surface area contributed by atoms with Gasteiger partial charge in [0, 0.05) is 23.7 Å². The maximum atomic E-state index is 9.41. The number of hydrogen-bond donors (Lipinski definition) is 2. The van der Waals surface area contributed by atoms with E-state index in [9.17, 15) is 5.11 Å². The topological polar surface area (TPSA) is 32.3 Å². The normalized spacial score (nSPS) is 10.6. The van der Waals surface area contributed by atoms with Gasteiger partial charge >= 0.3 is 0 Å². The molecule has 2 aromatic rings. The van der Waals surface area contributed by atoms with Gasteiger partial charge in [-0.15, -0.1) is 11.8 Å². The van der Waals surface area contributed by atoms with Gasteiger partial charge in [0.15, 0.2) is 0 Å². The minimum absolute atomic E-state index is 0.281. The lowest BCUT2D eigenvalue weighted by Crippen LogP contribution is -2.16. The lowest BCUT2D eigenvalue weighted by atomic mass is 10.2. The van der Waals surface area contributed by atoms with Crippen molar-refractivity contribution < 1.29 is 5.11 Å². The molecule has 0 aliphatic rings. The number of phenolic OH excluding ortho intramolecular Hbond substituents is 1. The summed E-state index contributed by atoms with van der Waals surface area (Å²) in [5.41, 5.74) is 1.16. The van der Waals surface area contributed by atoms with Crippen LogP contribution in [0.3, 0.4) is 0 Å². The van der Waals surface area contributed by atoms with Gasteiger partial charge in [0.1, 0.15) is 5.75 Å². The van der Waals surface area contributed by atoms with E-state index in [1.807, 2.05) is 30.0 Å². The van der Waals surface area contributed by atoms with E-state index in [1.54, 1.807) is 6.07 Å². The lowest BCUT2D eigenvalue weighted by Gasteiger charge is -2.06. The van der Waals surface area contributed by atoms with Crippen LogP contribution in [0.15, 0.2) is 57.9 Å². The van der Waals surface area contributed by atoms with E-state index in [4.69, 9.17) is 0 Å². The summed E-state index contributed by atoms with van der Waals surface area (Å²) in [4.78, 5) is 1.30. The molecule has 0 aliphatic heterocycles. The Kier molecular flexibility index (Phi) is 5.76. The molecule has 100 valence electrons. The number of nitrogens with one attached hydrogen (secondary N) is 1. The number of halogens is 1. The zero-order chi connectivity index (χ0) is 13.5. The van der Waals surface area contributed by atoms with Gasteiger partial charge in [-0.2, -0.15) is 0 Å². The fraction of sp³-hybridized carbons (Fsp3) is 0.200. The highest BCUT2D eigenvalue weighted by Gasteiger charge is 1.99. The van der Waals surface area contributed by atoms with Gasteiger partial charge in [-0.1, -0.05) is 24.3 Å². The summed E-state index contributed by atoms with van der Waals surface area (Å²) in [6.45, 7) is 1.77. The molecule has 2 rings (SSSR count). The van der Waals surface area contributed by atoms with E-state index >= 15 is 0 Å². The molecule has 0 aromatic heterocycles. The third kappa shape index (κ3) is 4.90. The van der Waals surface area contributed by atoms with E-state index in [2.05, 4.69) is 45.5 Å². The Morgan fingerprint density at radius 1 is 1.11 bits per heavy atom. The van der Waals surface area contributed by atoms with Crippen molar-refractivity contribution in [3.63, 3.8) is 0 Å². The summed E-state index contributed by atoms with van der Waals surface area (Å²) in [7, 11) is 0. The average Bonchev–Trinajstić information content (AvgIpc) is 2.43. The average molecular weight is 338 g/mol. The zero-order valence-corrected chi connectivity index (χ0v) is 12.9. The molecule has 4 heteroatoms. The third-order valence-corrected chi connectivity index (χ3v) is 4.28. The smallest absolute Gasteiger partial charge is 0.129 e. The van der Waals surface area contributed by atoms with Crippen LogP contribution < -0.4 is 5.32 Å². The third-order valence-electron chi connectivity index (χ3n) is 2.63. The first-order chi connectivity index (χ1) is 9.25. The molecule has 0 spiro atoms. The van der Waals surface area contributed by atoms with E-state index in [0.717, 1.165) is 28.9 Å². The molecule has 0 saturated carbocycles. The fourth-order valence-electron chi connectivity index (χ4n) is 1.65. The Labute approximate surface area is 126 Å². The molecular weight excluding hydrogens is 322 g/mol. The molecule has 2 N–H and O–H groups in total. The zero-order valence-electron chi connectivity index (χ0n) is 10.5. The van der Waals surface area contributed by atoms with Crippen LogP contribution in [-0.2, 0) is 6.54 Å². The highest BCUT2D eigenvalue weighted by Crippen LogP contribution is 2.24. The second-order valence-corrected chi connectivity index (χ2v) is 6.15. The van der Waals surface area contributed by atoms with Crippen LogP contribution in [0.4, 0.5) is 0 Å². The van der Waals surface area contributed by atoms with Gasteiger partial charge in [-0.05, 0) is 45.8 Å². The molecule has 2 aromatic carbocycles. The summed E-state index contributed by atoms with van der Waals surface area (Å²) < 4.78 is 0.741. The van der Waals surface area contributed by atoms with Crippen molar-refractivity contribution in [2.75, 3.05) is 12.3 Å². The van der Waals surface area contributed by atoms with Crippen molar-refractivity contribution in [2.45, 2.75) is 11.4 Å². The quantitative estimate of drug-likeness (QED) is 0.616. The summed E-state index contributed by atoms with van der Waals surface area (Å²) in [6, 6.07) is 16.0. The Bertz CT molecular complexity index is 519. The maximum Gasteiger partial charge on any atom is 0.129 e. The van der Waals surface area contributed by atoms with Crippen molar-refractivity contribution in [1.29, 1.82) is 0 Å². The Hall–Kier alpha value is -0.970. The van der Waals surface area contributed by atoms with Gasteiger partial charge in [0.05, 0.1) is 4.47 Å². The van der Waals surface area contributed by atoms with Crippen LogP contribution in [0, 0.1) is 0 Å². The molecule has 0 radical (unpaired) electrons. The monoisotopic (exact) mass is 337 g/mol. The molecule has 0 amide bonds. The Morgan fingerprint density at radius 2 is 1.89 bits per heavy atom. The first-order valence-corrected chi connectivity index (χ1v) is 7.89. The first kappa shape index (κ1) is 14.4. The van der Waals surface area contributed by atoms with Gasteiger partial charge in [-0.25, -0.2) is 0 Å². The summed E-state index contributed by atoms with van der Waals surface area (Å²) in [5, 5.41) is 12.8. The van der Waals surface area contributed by atoms with Gasteiger partial charge < -0.3 is 10.4 Å². The van der Waals surface area contributed by atoms with Gasteiger partial charge in [0.2, 0.25) is 0 Å². The number of benzene rings is 2. The number of rotatable bonds is 6. The molecule has 0 aliphatic carbocycles.